The van der Waals surface area contributed by atoms with E-state index in [0.717, 1.165) is 34.1 Å². The summed E-state index contributed by atoms with van der Waals surface area (Å²) in [7, 11) is -0.446. The standard InChI is InChI=1S/C12H18N2O4S2/c1-13(18-2)11(15)9-10-5-6-12(19-10)20(16,17)14-7-3-4-8-14/h5-6H,3-4,7-9H2,1-2H3. The van der Waals surface area contributed by atoms with E-state index in [2.05, 4.69) is 0 Å². The summed E-state index contributed by atoms with van der Waals surface area (Å²) in [6.07, 6.45) is 1.97. The number of hydrogen-bond acceptors (Lipinski definition) is 5. The Balaban J connectivity index is 2.10. The van der Waals surface area contributed by atoms with Crippen molar-refractivity contribution in [1.29, 1.82) is 0 Å². The van der Waals surface area contributed by atoms with Crippen LogP contribution in [-0.4, -0.2) is 50.9 Å². The molecule has 0 aromatic carbocycles. The smallest absolute Gasteiger partial charge is 0.252 e. The fourth-order valence-electron chi connectivity index (χ4n) is 2.01. The Bertz CT molecular complexity index is 576. The lowest BCUT2D eigenvalue weighted by Gasteiger charge is -2.13. The summed E-state index contributed by atoms with van der Waals surface area (Å²) in [5, 5.41) is 1.13. The molecular formula is C12H18N2O4S2. The second-order valence-corrected chi connectivity index (χ2v) is 7.92. The molecule has 2 rings (SSSR count). The maximum absolute atomic E-state index is 12.3. The Kier molecular flexibility index (Phi) is 4.79. The molecule has 1 aliphatic heterocycles. The first-order valence-electron chi connectivity index (χ1n) is 6.34. The topological polar surface area (TPSA) is 66.9 Å². The summed E-state index contributed by atoms with van der Waals surface area (Å²) >= 11 is 1.15. The maximum Gasteiger partial charge on any atom is 0.252 e. The first kappa shape index (κ1) is 15.4. The molecule has 0 atom stereocenters. The Morgan fingerprint density at radius 1 is 1.40 bits per heavy atom. The first-order chi connectivity index (χ1) is 9.45. The number of hydroxylamine groups is 2. The van der Waals surface area contributed by atoms with Crippen molar-refractivity contribution < 1.29 is 18.0 Å². The summed E-state index contributed by atoms with van der Waals surface area (Å²) < 4.78 is 26.5. The van der Waals surface area contributed by atoms with Crippen LogP contribution in [0.5, 0.6) is 0 Å². The van der Waals surface area contributed by atoms with Gasteiger partial charge in [0, 0.05) is 25.0 Å². The lowest BCUT2D eigenvalue weighted by Crippen LogP contribution is -2.27. The number of amides is 1. The van der Waals surface area contributed by atoms with Gasteiger partial charge in [0.2, 0.25) is 0 Å². The Labute approximate surface area is 122 Å². The van der Waals surface area contributed by atoms with E-state index < -0.39 is 10.0 Å². The van der Waals surface area contributed by atoms with E-state index >= 15 is 0 Å². The second-order valence-electron chi connectivity index (χ2n) is 4.58. The molecule has 2 heterocycles. The van der Waals surface area contributed by atoms with Crippen LogP contribution in [-0.2, 0) is 26.1 Å². The Morgan fingerprint density at radius 2 is 2.05 bits per heavy atom. The van der Waals surface area contributed by atoms with Crippen LogP contribution >= 0.6 is 11.3 Å². The van der Waals surface area contributed by atoms with Crippen molar-refractivity contribution in [3.63, 3.8) is 0 Å². The predicted molar refractivity (Wildman–Crippen MR) is 75.8 cm³/mol. The molecule has 0 N–H and O–H groups in total. The molecule has 112 valence electrons. The van der Waals surface area contributed by atoms with Gasteiger partial charge in [0.05, 0.1) is 13.5 Å². The van der Waals surface area contributed by atoms with Gasteiger partial charge in [-0.15, -0.1) is 11.3 Å². The van der Waals surface area contributed by atoms with E-state index in [0.29, 0.717) is 17.3 Å². The van der Waals surface area contributed by atoms with Gasteiger partial charge in [-0.2, -0.15) is 4.31 Å². The largest absolute Gasteiger partial charge is 0.275 e. The number of nitrogens with zero attached hydrogens (tertiary/aromatic N) is 2. The summed E-state index contributed by atoms with van der Waals surface area (Å²) in [5.41, 5.74) is 0. The predicted octanol–water partition coefficient (Wildman–Crippen LogP) is 1.09. The molecule has 1 fully saturated rings. The fourth-order valence-corrected chi connectivity index (χ4v) is 5.03. The number of sulfonamides is 1. The molecule has 1 amide bonds. The minimum Gasteiger partial charge on any atom is -0.275 e. The molecule has 1 aliphatic rings. The van der Waals surface area contributed by atoms with Crippen LogP contribution in [0.15, 0.2) is 16.3 Å². The highest BCUT2D eigenvalue weighted by Gasteiger charge is 2.28. The lowest BCUT2D eigenvalue weighted by molar-refractivity contribution is -0.167. The van der Waals surface area contributed by atoms with E-state index in [1.807, 2.05) is 0 Å². The third-order valence-electron chi connectivity index (χ3n) is 3.25. The Hall–Kier alpha value is -0.960. The average Bonchev–Trinajstić information content (AvgIpc) is 3.08. The van der Waals surface area contributed by atoms with Crippen molar-refractivity contribution in [1.82, 2.24) is 9.37 Å². The number of hydrogen-bond donors (Lipinski definition) is 0. The molecule has 0 radical (unpaired) electrons. The van der Waals surface area contributed by atoms with Crippen LogP contribution in [0.25, 0.3) is 0 Å². The van der Waals surface area contributed by atoms with Crippen LogP contribution in [0.4, 0.5) is 0 Å². The van der Waals surface area contributed by atoms with Gasteiger partial charge in [0.1, 0.15) is 4.21 Å². The quantitative estimate of drug-likeness (QED) is 0.762. The number of carbonyl (C=O) groups is 1. The van der Waals surface area contributed by atoms with Crippen LogP contribution in [0.2, 0.25) is 0 Å². The highest BCUT2D eigenvalue weighted by atomic mass is 32.2. The van der Waals surface area contributed by atoms with Crippen molar-refractivity contribution in [2.45, 2.75) is 23.5 Å². The van der Waals surface area contributed by atoms with Gasteiger partial charge in [-0.3, -0.25) is 9.63 Å². The maximum atomic E-state index is 12.3. The molecule has 6 nitrogen and oxygen atoms in total. The zero-order chi connectivity index (χ0) is 14.8. The summed E-state index contributed by atoms with van der Waals surface area (Å²) in [5.74, 6) is -0.209. The van der Waals surface area contributed by atoms with Crippen molar-refractivity contribution in [2.75, 3.05) is 27.2 Å². The second kappa shape index (κ2) is 6.21. The molecule has 20 heavy (non-hydrogen) atoms. The molecule has 1 aromatic heterocycles. The zero-order valence-corrected chi connectivity index (χ0v) is 13.2. The van der Waals surface area contributed by atoms with Crippen molar-refractivity contribution >= 4 is 27.3 Å². The lowest BCUT2D eigenvalue weighted by atomic mass is 10.3. The molecule has 1 aromatic rings. The van der Waals surface area contributed by atoms with Crippen LogP contribution in [0, 0.1) is 0 Å². The van der Waals surface area contributed by atoms with Gasteiger partial charge in [0.25, 0.3) is 15.9 Å². The molecule has 0 spiro atoms. The summed E-state index contributed by atoms with van der Waals surface area (Å²) in [4.78, 5) is 17.2. The van der Waals surface area contributed by atoms with E-state index in [-0.39, 0.29) is 12.3 Å². The molecule has 1 saturated heterocycles. The number of carbonyl (C=O) groups excluding carboxylic acids is 1. The highest BCUT2D eigenvalue weighted by molar-refractivity contribution is 7.91. The van der Waals surface area contributed by atoms with E-state index in [1.165, 1.54) is 18.5 Å². The molecule has 8 heteroatoms. The van der Waals surface area contributed by atoms with Crippen LogP contribution in [0.3, 0.4) is 0 Å². The Morgan fingerprint density at radius 3 is 2.65 bits per heavy atom. The number of thiophene rings is 1. The average molecular weight is 318 g/mol. The van der Waals surface area contributed by atoms with Gasteiger partial charge in [-0.25, -0.2) is 13.5 Å². The normalized spacial score (nSPS) is 16.5. The fraction of sp³-hybridized carbons (Fsp3) is 0.583. The van der Waals surface area contributed by atoms with Gasteiger partial charge in [-0.1, -0.05) is 0 Å². The van der Waals surface area contributed by atoms with E-state index in [4.69, 9.17) is 4.84 Å². The minimum atomic E-state index is -3.38. The molecule has 0 bridgehead atoms. The van der Waals surface area contributed by atoms with Crippen LogP contribution in [0.1, 0.15) is 17.7 Å². The number of rotatable bonds is 5. The first-order valence-corrected chi connectivity index (χ1v) is 8.60. The summed E-state index contributed by atoms with van der Waals surface area (Å²) in [6, 6.07) is 3.27. The third-order valence-corrected chi connectivity index (χ3v) is 6.70. The molecule has 0 aliphatic carbocycles. The monoisotopic (exact) mass is 318 g/mol. The summed E-state index contributed by atoms with van der Waals surface area (Å²) in [6.45, 7) is 1.17. The molecule has 0 saturated carbocycles. The van der Waals surface area contributed by atoms with Gasteiger partial charge >= 0.3 is 0 Å². The third kappa shape index (κ3) is 3.20. The highest BCUT2D eigenvalue weighted by Crippen LogP contribution is 2.27. The molecular weight excluding hydrogens is 300 g/mol. The minimum absolute atomic E-state index is 0.143. The van der Waals surface area contributed by atoms with E-state index in [1.54, 1.807) is 12.1 Å². The van der Waals surface area contributed by atoms with Crippen molar-refractivity contribution in [3.8, 4) is 0 Å². The number of likely N-dealkylation sites (N-methyl/N-ethyl adjacent to an activating group) is 1. The zero-order valence-electron chi connectivity index (χ0n) is 11.5. The van der Waals surface area contributed by atoms with Gasteiger partial charge in [0.15, 0.2) is 0 Å². The van der Waals surface area contributed by atoms with Crippen molar-refractivity contribution in [3.05, 3.63) is 17.0 Å². The van der Waals surface area contributed by atoms with Crippen molar-refractivity contribution in [2.24, 2.45) is 0 Å². The van der Waals surface area contributed by atoms with E-state index in [9.17, 15) is 13.2 Å². The molecule has 0 unspecified atom stereocenters. The van der Waals surface area contributed by atoms with Gasteiger partial charge in [-0.05, 0) is 25.0 Å². The van der Waals surface area contributed by atoms with Gasteiger partial charge < -0.3 is 0 Å². The van der Waals surface area contributed by atoms with Crippen LogP contribution < -0.4 is 0 Å². The SMILES string of the molecule is CON(C)C(=O)Cc1ccc(S(=O)(=O)N2CCCC2)s1.